The Bertz CT molecular complexity index is 1170. The lowest BCUT2D eigenvalue weighted by Gasteiger charge is -2.11. The summed E-state index contributed by atoms with van der Waals surface area (Å²) in [6, 6.07) is 15.6. The number of amides is 1. The molecule has 0 saturated carbocycles. The van der Waals surface area contributed by atoms with E-state index in [-0.39, 0.29) is 5.91 Å². The zero-order chi connectivity index (χ0) is 20.4. The maximum Gasteiger partial charge on any atom is 0.257 e. The average molecular weight is 497 g/mol. The number of pyridine rings is 1. The van der Waals surface area contributed by atoms with Gasteiger partial charge in [-0.15, -0.1) is 0 Å². The lowest BCUT2D eigenvalue weighted by Crippen LogP contribution is -2.12. The molecule has 29 heavy (non-hydrogen) atoms. The van der Waals surface area contributed by atoms with Crippen molar-refractivity contribution >= 4 is 50.9 Å². The van der Waals surface area contributed by atoms with E-state index in [2.05, 4.69) is 54.9 Å². The van der Waals surface area contributed by atoms with Gasteiger partial charge in [-0.3, -0.25) is 9.78 Å². The number of alkyl halides is 1. The van der Waals surface area contributed by atoms with Crippen LogP contribution in [0.4, 0.5) is 11.4 Å². The third-order valence-electron chi connectivity index (χ3n) is 4.67. The molecule has 1 amide bonds. The first-order valence-electron chi connectivity index (χ1n) is 9.13. The van der Waals surface area contributed by atoms with Crippen LogP contribution < -0.4 is 10.2 Å². The van der Waals surface area contributed by atoms with Crippen molar-refractivity contribution < 1.29 is 4.79 Å². The largest absolute Gasteiger partial charge is 0.378 e. The Morgan fingerprint density at radius 1 is 1.17 bits per heavy atom. The fraction of sp³-hybridized carbons (Fsp3) is 0.136. The van der Waals surface area contributed by atoms with E-state index in [4.69, 9.17) is 4.98 Å². The molecule has 0 fully saturated rings. The van der Waals surface area contributed by atoms with Crippen LogP contribution in [0.5, 0.6) is 0 Å². The highest BCUT2D eigenvalue weighted by molar-refractivity contribution is 14.1. The molecule has 2 heterocycles. The highest BCUT2D eigenvalue weighted by Crippen LogP contribution is 2.30. The molecule has 0 aliphatic heterocycles. The van der Waals surface area contributed by atoms with Crippen LogP contribution >= 0.6 is 22.6 Å². The van der Waals surface area contributed by atoms with Gasteiger partial charge in [-0.1, -0.05) is 28.7 Å². The van der Waals surface area contributed by atoms with Crippen molar-refractivity contribution in [2.24, 2.45) is 0 Å². The molecule has 0 aliphatic rings. The van der Waals surface area contributed by atoms with Crippen molar-refractivity contribution in [2.45, 2.75) is 4.43 Å². The molecule has 7 heteroatoms. The summed E-state index contributed by atoms with van der Waals surface area (Å²) in [5.74, 6) is 0.603. The summed E-state index contributed by atoms with van der Waals surface area (Å²) in [5, 5.41) is 2.95. The number of aromatic nitrogens is 3. The molecule has 0 atom stereocenters. The minimum Gasteiger partial charge on any atom is -0.378 e. The van der Waals surface area contributed by atoms with Gasteiger partial charge in [0, 0.05) is 47.9 Å². The van der Waals surface area contributed by atoms with Crippen LogP contribution in [0.1, 0.15) is 15.9 Å². The number of hydrogen-bond donors (Lipinski definition) is 2. The summed E-state index contributed by atoms with van der Waals surface area (Å²) in [4.78, 5) is 26.7. The highest BCUT2D eigenvalue weighted by Gasteiger charge is 2.13. The second kappa shape index (κ2) is 8.20. The number of nitrogens with zero attached hydrogens (tertiary/aromatic N) is 3. The smallest absolute Gasteiger partial charge is 0.257 e. The van der Waals surface area contributed by atoms with Gasteiger partial charge in [0.15, 0.2) is 0 Å². The van der Waals surface area contributed by atoms with Gasteiger partial charge in [-0.05, 0) is 48.0 Å². The van der Waals surface area contributed by atoms with E-state index in [0.29, 0.717) is 5.56 Å². The van der Waals surface area contributed by atoms with E-state index in [1.165, 1.54) is 0 Å². The Morgan fingerprint density at radius 3 is 2.76 bits per heavy atom. The molecule has 0 unspecified atom stereocenters. The summed E-state index contributed by atoms with van der Waals surface area (Å²) in [5.41, 5.74) is 6.36. The van der Waals surface area contributed by atoms with Crippen molar-refractivity contribution in [3.63, 3.8) is 0 Å². The molecule has 0 bridgehead atoms. The number of anilines is 2. The van der Waals surface area contributed by atoms with Crippen LogP contribution in [0.2, 0.25) is 0 Å². The molecule has 2 aromatic heterocycles. The number of nitrogens with one attached hydrogen (secondary N) is 2. The molecule has 0 spiro atoms. The van der Waals surface area contributed by atoms with Gasteiger partial charge in [0.05, 0.1) is 16.6 Å². The van der Waals surface area contributed by atoms with Crippen molar-refractivity contribution in [3.8, 4) is 11.4 Å². The summed E-state index contributed by atoms with van der Waals surface area (Å²) < 4.78 is 0.837. The molecule has 0 saturated heterocycles. The van der Waals surface area contributed by atoms with Crippen LogP contribution in [0.3, 0.4) is 0 Å². The normalized spacial score (nSPS) is 10.9. The van der Waals surface area contributed by atoms with Crippen LogP contribution in [0.15, 0.2) is 60.9 Å². The molecule has 2 aromatic carbocycles. The summed E-state index contributed by atoms with van der Waals surface area (Å²) >= 11 is 2.34. The van der Waals surface area contributed by atoms with Gasteiger partial charge < -0.3 is 15.2 Å². The first-order chi connectivity index (χ1) is 14.0. The number of rotatable bonds is 5. The topological polar surface area (TPSA) is 73.9 Å². The number of carbonyl (C=O) groups excluding carboxylic acids is 1. The van der Waals surface area contributed by atoms with Gasteiger partial charge in [0.25, 0.3) is 5.91 Å². The van der Waals surface area contributed by atoms with E-state index in [9.17, 15) is 4.79 Å². The number of hydrogen-bond acceptors (Lipinski definition) is 4. The van der Waals surface area contributed by atoms with Gasteiger partial charge in [-0.25, -0.2) is 4.98 Å². The molecular weight excluding hydrogens is 477 g/mol. The van der Waals surface area contributed by atoms with Crippen LogP contribution in [-0.4, -0.2) is 35.0 Å². The molecule has 6 nitrogen and oxygen atoms in total. The first kappa shape index (κ1) is 19.4. The maximum atomic E-state index is 12.5. The number of H-pyrrole nitrogens is 1. The van der Waals surface area contributed by atoms with Crippen LogP contribution in [-0.2, 0) is 4.43 Å². The van der Waals surface area contributed by atoms with Crippen molar-refractivity contribution in [3.05, 3.63) is 72.1 Å². The van der Waals surface area contributed by atoms with Crippen molar-refractivity contribution in [2.75, 3.05) is 24.3 Å². The van der Waals surface area contributed by atoms with E-state index < -0.39 is 0 Å². The number of imidazole rings is 1. The van der Waals surface area contributed by atoms with Gasteiger partial charge in [-0.2, -0.15) is 0 Å². The second-order valence-electron chi connectivity index (χ2n) is 6.88. The third-order valence-corrected chi connectivity index (χ3v) is 5.50. The Kier molecular flexibility index (Phi) is 5.48. The summed E-state index contributed by atoms with van der Waals surface area (Å²) in [6.07, 6.45) is 3.20. The highest BCUT2D eigenvalue weighted by atomic mass is 127. The Labute approximate surface area is 182 Å². The molecule has 0 radical (unpaired) electrons. The fourth-order valence-corrected chi connectivity index (χ4v) is 3.76. The lowest BCUT2D eigenvalue weighted by molar-refractivity contribution is 0.102. The number of carbonyl (C=O) groups is 1. The predicted octanol–water partition coefficient (Wildman–Crippen LogP) is 4.88. The summed E-state index contributed by atoms with van der Waals surface area (Å²) in [7, 11) is 4.02. The van der Waals surface area contributed by atoms with Gasteiger partial charge in [0.2, 0.25) is 0 Å². The Balaban J connectivity index is 1.70. The minimum absolute atomic E-state index is 0.188. The average Bonchev–Trinajstić information content (AvgIpc) is 3.17. The number of aromatic amines is 1. The van der Waals surface area contributed by atoms with E-state index in [0.717, 1.165) is 43.8 Å². The van der Waals surface area contributed by atoms with Crippen molar-refractivity contribution in [1.29, 1.82) is 0 Å². The van der Waals surface area contributed by atoms with Crippen LogP contribution in [0.25, 0.3) is 22.4 Å². The maximum absolute atomic E-state index is 12.5. The molecule has 4 rings (SSSR count). The summed E-state index contributed by atoms with van der Waals surface area (Å²) in [6.45, 7) is 0. The van der Waals surface area contributed by atoms with Gasteiger partial charge >= 0.3 is 0 Å². The number of benzene rings is 2. The monoisotopic (exact) mass is 497 g/mol. The Morgan fingerprint density at radius 2 is 2.03 bits per heavy atom. The van der Waals surface area contributed by atoms with Crippen LogP contribution in [0, 0.1) is 0 Å². The number of halogens is 1. The quantitative estimate of drug-likeness (QED) is 0.305. The molecule has 146 valence electrons. The van der Waals surface area contributed by atoms with E-state index in [1.807, 2.05) is 38.4 Å². The molecule has 4 aromatic rings. The Hall–Kier alpha value is -2.94. The molecule has 0 aliphatic carbocycles. The van der Waals surface area contributed by atoms with Gasteiger partial charge in [0.1, 0.15) is 5.82 Å². The van der Waals surface area contributed by atoms with E-state index >= 15 is 0 Å². The van der Waals surface area contributed by atoms with E-state index in [1.54, 1.807) is 24.5 Å². The number of fused-ring (bicyclic) bond motifs is 1. The third kappa shape index (κ3) is 4.09. The first-order valence-corrected chi connectivity index (χ1v) is 10.7. The SMILES string of the molecule is CN(C)c1ccc2[nH]c(-c3cc(NC(=O)c4cccnc4)ccc3CI)nc2c1. The standard InChI is InChI=1S/C22H20IN5O/c1-28(2)17-7-8-19-20(11-17)27-21(26-19)18-10-16(6-5-14(18)12-23)25-22(29)15-4-3-9-24-13-15/h3-11,13H,12H2,1-2H3,(H,25,29)(H,26,27). The lowest BCUT2D eigenvalue weighted by atomic mass is 10.1. The second-order valence-corrected chi connectivity index (χ2v) is 7.65. The molecular formula is C22H20IN5O. The molecule has 2 N–H and O–H groups in total. The zero-order valence-corrected chi connectivity index (χ0v) is 18.3. The zero-order valence-electron chi connectivity index (χ0n) is 16.1. The minimum atomic E-state index is -0.188. The van der Waals surface area contributed by atoms with Crippen molar-refractivity contribution in [1.82, 2.24) is 15.0 Å². The predicted molar refractivity (Wildman–Crippen MR) is 126 cm³/mol. The fourth-order valence-electron chi connectivity index (χ4n) is 3.09.